The molecule has 1 unspecified atom stereocenters. The molecule has 102 valence electrons. The van der Waals surface area contributed by atoms with Gasteiger partial charge in [-0.3, -0.25) is 0 Å². The van der Waals surface area contributed by atoms with Crippen molar-refractivity contribution in [2.75, 3.05) is 5.32 Å². The molecule has 0 spiro atoms. The summed E-state index contributed by atoms with van der Waals surface area (Å²) in [5.74, 6) is 0.190. The topological polar surface area (TPSA) is 37.8 Å². The molecule has 3 nitrogen and oxygen atoms in total. The third-order valence-electron chi connectivity index (χ3n) is 2.46. The number of nitrogens with zero attached hydrogens (tertiary/aromatic N) is 2. The van der Waals surface area contributed by atoms with Gasteiger partial charge in [0.05, 0.1) is 11.6 Å². The van der Waals surface area contributed by atoms with Crippen LogP contribution in [0.3, 0.4) is 0 Å². The van der Waals surface area contributed by atoms with Crippen LogP contribution in [0.15, 0.2) is 23.7 Å². The van der Waals surface area contributed by atoms with Crippen LogP contribution in [0.4, 0.5) is 19.0 Å². The molecule has 0 radical (unpaired) electrons. The number of pyridine rings is 1. The zero-order valence-corrected chi connectivity index (χ0v) is 11.1. The van der Waals surface area contributed by atoms with Gasteiger partial charge in [0.1, 0.15) is 10.8 Å². The summed E-state index contributed by atoms with van der Waals surface area (Å²) < 4.78 is 37.7. The molecule has 0 saturated heterocycles. The molecule has 2 rings (SSSR count). The highest BCUT2D eigenvalue weighted by Gasteiger charge is 2.30. The van der Waals surface area contributed by atoms with E-state index in [1.54, 1.807) is 0 Å². The number of halogens is 3. The number of aromatic nitrogens is 2. The molecule has 0 bridgehead atoms. The van der Waals surface area contributed by atoms with Gasteiger partial charge >= 0.3 is 6.18 Å². The maximum atomic E-state index is 12.6. The molecular weight excluding hydrogens is 275 g/mol. The minimum Gasteiger partial charge on any atom is -0.361 e. The Hall–Kier alpha value is -1.63. The zero-order chi connectivity index (χ0) is 14.0. The van der Waals surface area contributed by atoms with Gasteiger partial charge in [-0.2, -0.15) is 13.2 Å². The van der Waals surface area contributed by atoms with Crippen LogP contribution in [0.5, 0.6) is 0 Å². The van der Waals surface area contributed by atoms with E-state index >= 15 is 0 Å². The Morgan fingerprint density at radius 3 is 2.68 bits per heavy atom. The van der Waals surface area contributed by atoms with Crippen molar-refractivity contribution in [3.8, 4) is 0 Å². The maximum absolute atomic E-state index is 12.6. The van der Waals surface area contributed by atoms with E-state index < -0.39 is 11.7 Å². The summed E-state index contributed by atoms with van der Waals surface area (Å²) in [6.45, 7) is 3.70. The zero-order valence-electron chi connectivity index (χ0n) is 10.3. The summed E-state index contributed by atoms with van der Waals surface area (Å²) in [7, 11) is 0. The lowest BCUT2D eigenvalue weighted by Gasteiger charge is -2.13. The molecule has 2 aromatic rings. The second kappa shape index (κ2) is 5.16. The van der Waals surface area contributed by atoms with Gasteiger partial charge in [0, 0.05) is 17.3 Å². The lowest BCUT2D eigenvalue weighted by molar-refractivity contribution is -0.137. The number of hydrogen-bond acceptors (Lipinski definition) is 4. The van der Waals surface area contributed by atoms with E-state index in [1.165, 1.54) is 11.3 Å². The third-order valence-corrected chi connectivity index (χ3v) is 3.60. The summed E-state index contributed by atoms with van der Waals surface area (Å²) >= 11 is 1.46. The molecular formula is C12H12F3N3S. The highest BCUT2D eigenvalue weighted by Crippen LogP contribution is 2.30. The van der Waals surface area contributed by atoms with E-state index in [2.05, 4.69) is 15.3 Å². The second-order valence-electron chi connectivity index (χ2n) is 4.12. The molecule has 7 heteroatoms. The SMILES string of the molecule is Cc1csc(C(C)Nc2cc(C(F)(F)F)ccn2)n1. The van der Waals surface area contributed by atoms with E-state index in [4.69, 9.17) is 0 Å². The van der Waals surface area contributed by atoms with Gasteiger partial charge in [-0.05, 0) is 26.0 Å². The van der Waals surface area contributed by atoms with Crippen LogP contribution in [0.2, 0.25) is 0 Å². The predicted molar refractivity (Wildman–Crippen MR) is 68.1 cm³/mol. The maximum Gasteiger partial charge on any atom is 0.416 e. The van der Waals surface area contributed by atoms with E-state index in [-0.39, 0.29) is 11.9 Å². The lowest BCUT2D eigenvalue weighted by atomic mass is 10.2. The van der Waals surface area contributed by atoms with Gasteiger partial charge in [-0.1, -0.05) is 0 Å². The standard InChI is InChI=1S/C12H12F3N3S/c1-7-6-19-11(17-7)8(2)18-10-5-9(3-4-16-10)12(13,14)15/h3-6,8H,1-2H3,(H,16,18). The van der Waals surface area contributed by atoms with Gasteiger partial charge in [-0.25, -0.2) is 9.97 Å². The van der Waals surface area contributed by atoms with Crippen molar-refractivity contribution >= 4 is 17.2 Å². The number of thiazole rings is 1. The Bertz CT molecular complexity index is 565. The van der Waals surface area contributed by atoms with Crippen molar-refractivity contribution in [2.45, 2.75) is 26.1 Å². The fourth-order valence-corrected chi connectivity index (χ4v) is 2.34. The fourth-order valence-electron chi connectivity index (χ4n) is 1.54. The first kappa shape index (κ1) is 13.8. The van der Waals surface area contributed by atoms with Crippen LogP contribution in [-0.4, -0.2) is 9.97 Å². The summed E-state index contributed by atoms with van der Waals surface area (Å²) in [5.41, 5.74) is 0.179. The first-order chi connectivity index (χ1) is 8.86. The predicted octanol–water partition coefficient (Wildman–Crippen LogP) is 4.04. The molecule has 0 aliphatic carbocycles. The minimum absolute atomic E-state index is 0.185. The van der Waals surface area contributed by atoms with E-state index in [0.29, 0.717) is 0 Å². The van der Waals surface area contributed by atoms with Crippen LogP contribution in [-0.2, 0) is 6.18 Å². The molecule has 0 aliphatic rings. The van der Waals surface area contributed by atoms with Crippen LogP contribution in [0, 0.1) is 6.92 Å². The Kier molecular flexibility index (Phi) is 3.75. The summed E-state index contributed by atoms with van der Waals surface area (Å²) in [4.78, 5) is 8.17. The summed E-state index contributed by atoms with van der Waals surface area (Å²) in [6, 6.07) is 1.76. The Balaban J connectivity index is 2.15. The Morgan fingerprint density at radius 2 is 2.11 bits per heavy atom. The summed E-state index contributed by atoms with van der Waals surface area (Å²) in [6.07, 6.45) is -3.22. The highest BCUT2D eigenvalue weighted by atomic mass is 32.1. The molecule has 0 aliphatic heterocycles. The number of alkyl halides is 3. The van der Waals surface area contributed by atoms with Crippen molar-refractivity contribution in [2.24, 2.45) is 0 Å². The van der Waals surface area contributed by atoms with Crippen molar-refractivity contribution in [1.29, 1.82) is 0 Å². The van der Waals surface area contributed by atoms with Crippen molar-refractivity contribution in [3.63, 3.8) is 0 Å². The summed E-state index contributed by atoms with van der Waals surface area (Å²) in [5, 5.41) is 5.63. The van der Waals surface area contributed by atoms with Crippen LogP contribution in [0.25, 0.3) is 0 Å². The van der Waals surface area contributed by atoms with Crippen molar-refractivity contribution in [1.82, 2.24) is 9.97 Å². The van der Waals surface area contributed by atoms with E-state index in [0.717, 1.165) is 29.0 Å². The van der Waals surface area contributed by atoms with Gasteiger partial charge < -0.3 is 5.32 Å². The third kappa shape index (κ3) is 3.44. The fraction of sp³-hybridized carbons (Fsp3) is 0.333. The molecule has 1 atom stereocenters. The Labute approximate surface area is 112 Å². The smallest absolute Gasteiger partial charge is 0.361 e. The molecule has 1 N–H and O–H groups in total. The molecule has 0 aromatic carbocycles. The molecule has 0 saturated carbocycles. The number of anilines is 1. The van der Waals surface area contributed by atoms with Crippen LogP contribution >= 0.6 is 11.3 Å². The van der Waals surface area contributed by atoms with E-state index in [9.17, 15) is 13.2 Å². The minimum atomic E-state index is -4.36. The quantitative estimate of drug-likeness (QED) is 0.925. The monoisotopic (exact) mass is 287 g/mol. The first-order valence-corrected chi connectivity index (χ1v) is 6.46. The molecule has 0 amide bonds. The lowest BCUT2D eigenvalue weighted by Crippen LogP contribution is -2.10. The average molecular weight is 287 g/mol. The van der Waals surface area contributed by atoms with Crippen LogP contribution < -0.4 is 5.32 Å². The van der Waals surface area contributed by atoms with Gasteiger partial charge in [0.25, 0.3) is 0 Å². The first-order valence-electron chi connectivity index (χ1n) is 5.58. The number of hydrogen-bond donors (Lipinski definition) is 1. The molecule has 2 aromatic heterocycles. The largest absolute Gasteiger partial charge is 0.416 e. The van der Waals surface area contributed by atoms with Crippen molar-refractivity contribution < 1.29 is 13.2 Å². The average Bonchev–Trinajstić information content (AvgIpc) is 2.75. The molecule has 19 heavy (non-hydrogen) atoms. The molecule has 0 fully saturated rings. The second-order valence-corrected chi connectivity index (χ2v) is 5.01. The van der Waals surface area contributed by atoms with Crippen LogP contribution in [0.1, 0.15) is 29.2 Å². The van der Waals surface area contributed by atoms with Gasteiger partial charge in [0.2, 0.25) is 0 Å². The highest BCUT2D eigenvalue weighted by molar-refractivity contribution is 7.09. The van der Waals surface area contributed by atoms with E-state index in [1.807, 2.05) is 19.2 Å². The van der Waals surface area contributed by atoms with Gasteiger partial charge in [0.15, 0.2) is 0 Å². The number of nitrogens with one attached hydrogen (secondary N) is 1. The number of aryl methyl sites for hydroxylation is 1. The number of rotatable bonds is 3. The van der Waals surface area contributed by atoms with Gasteiger partial charge in [-0.15, -0.1) is 11.3 Å². The normalized spacial score (nSPS) is 13.3. The molecule has 2 heterocycles. The Morgan fingerprint density at radius 1 is 1.37 bits per heavy atom. The van der Waals surface area contributed by atoms with Crippen molar-refractivity contribution in [3.05, 3.63) is 40.0 Å².